The Bertz CT molecular complexity index is 389. The molecule has 18 heavy (non-hydrogen) atoms. The second-order valence-electron chi connectivity index (χ2n) is 5.29. The zero-order valence-corrected chi connectivity index (χ0v) is 11.3. The van der Waals surface area contributed by atoms with Gasteiger partial charge in [-0.2, -0.15) is 0 Å². The number of carbonyl (C=O) groups is 1. The Labute approximate surface area is 109 Å². The summed E-state index contributed by atoms with van der Waals surface area (Å²) in [5.74, 6) is 0.449. The second kappa shape index (κ2) is 6.01. The third-order valence-electron chi connectivity index (χ3n) is 3.54. The molecule has 3 heteroatoms. The highest BCUT2D eigenvalue weighted by atomic mass is 16.2. The van der Waals surface area contributed by atoms with E-state index >= 15 is 0 Å². The van der Waals surface area contributed by atoms with Crippen LogP contribution in [0, 0.1) is 5.92 Å². The third kappa shape index (κ3) is 3.33. The van der Waals surface area contributed by atoms with E-state index in [0.29, 0.717) is 0 Å². The number of hydrogen-bond acceptors (Lipinski definition) is 2. The van der Waals surface area contributed by atoms with Crippen molar-refractivity contribution < 1.29 is 4.79 Å². The first-order chi connectivity index (χ1) is 8.66. The van der Waals surface area contributed by atoms with Crippen molar-refractivity contribution in [3.63, 3.8) is 0 Å². The summed E-state index contributed by atoms with van der Waals surface area (Å²) in [4.78, 5) is 16.1. The molecule has 1 aliphatic heterocycles. The molecule has 1 saturated heterocycles. The first-order valence-electron chi connectivity index (χ1n) is 6.64. The Morgan fingerprint density at radius 2 is 2.06 bits per heavy atom. The number of benzene rings is 1. The van der Waals surface area contributed by atoms with Gasteiger partial charge in [-0.05, 0) is 24.9 Å². The van der Waals surface area contributed by atoms with E-state index in [1.807, 2.05) is 20.2 Å². The van der Waals surface area contributed by atoms with Gasteiger partial charge in [-0.25, -0.2) is 0 Å². The van der Waals surface area contributed by atoms with E-state index in [0.717, 1.165) is 32.5 Å². The van der Waals surface area contributed by atoms with E-state index in [1.54, 1.807) is 4.90 Å². The molecule has 1 aromatic carbocycles. The van der Waals surface area contributed by atoms with E-state index < -0.39 is 0 Å². The average Bonchev–Trinajstić information content (AvgIpc) is 2.39. The first kappa shape index (κ1) is 13.1. The van der Waals surface area contributed by atoms with Crippen LogP contribution in [-0.4, -0.2) is 42.9 Å². The van der Waals surface area contributed by atoms with Gasteiger partial charge in [0.05, 0.1) is 5.92 Å². The zero-order chi connectivity index (χ0) is 13.0. The fraction of sp³-hybridized carbons (Fsp3) is 0.533. The maximum absolute atomic E-state index is 12.0. The Morgan fingerprint density at radius 1 is 1.33 bits per heavy atom. The summed E-state index contributed by atoms with van der Waals surface area (Å²) < 4.78 is 0. The van der Waals surface area contributed by atoms with Gasteiger partial charge in [-0.15, -0.1) is 0 Å². The molecule has 0 aromatic heterocycles. The van der Waals surface area contributed by atoms with E-state index in [2.05, 4.69) is 29.2 Å². The molecule has 1 amide bonds. The fourth-order valence-corrected chi connectivity index (χ4v) is 2.61. The molecule has 1 heterocycles. The Morgan fingerprint density at radius 3 is 2.72 bits per heavy atom. The number of likely N-dealkylation sites (tertiary alicyclic amines) is 1. The van der Waals surface area contributed by atoms with Crippen molar-refractivity contribution >= 4 is 5.91 Å². The lowest BCUT2D eigenvalue weighted by atomic mass is 9.96. The molecule has 0 saturated carbocycles. The van der Waals surface area contributed by atoms with Gasteiger partial charge in [0.15, 0.2) is 0 Å². The number of carbonyl (C=O) groups excluding carboxylic acids is 1. The lowest BCUT2D eigenvalue weighted by Gasteiger charge is -2.33. The number of nitrogens with zero attached hydrogens (tertiary/aromatic N) is 2. The summed E-state index contributed by atoms with van der Waals surface area (Å²) in [6.45, 7) is 2.95. The summed E-state index contributed by atoms with van der Waals surface area (Å²) in [5, 5.41) is 0. The molecule has 0 unspecified atom stereocenters. The van der Waals surface area contributed by atoms with Crippen LogP contribution in [0.3, 0.4) is 0 Å². The lowest BCUT2D eigenvalue weighted by molar-refractivity contribution is -0.134. The van der Waals surface area contributed by atoms with Crippen LogP contribution in [-0.2, 0) is 11.3 Å². The van der Waals surface area contributed by atoms with Gasteiger partial charge in [-0.1, -0.05) is 30.3 Å². The molecule has 98 valence electrons. The highest BCUT2D eigenvalue weighted by Gasteiger charge is 2.26. The quantitative estimate of drug-likeness (QED) is 0.814. The van der Waals surface area contributed by atoms with Crippen LogP contribution in [0.25, 0.3) is 0 Å². The molecule has 0 spiro atoms. The predicted octanol–water partition coefficient (Wildman–Crippen LogP) is 1.99. The van der Waals surface area contributed by atoms with Crippen molar-refractivity contribution in [3.05, 3.63) is 35.9 Å². The smallest absolute Gasteiger partial charge is 0.226 e. The molecule has 2 rings (SSSR count). The summed E-state index contributed by atoms with van der Waals surface area (Å²) in [6.07, 6.45) is 2.15. The van der Waals surface area contributed by atoms with Gasteiger partial charge < -0.3 is 4.90 Å². The standard InChI is InChI=1S/C15H22N2O/c1-16(2)15(18)14-9-6-10-17(12-14)11-13-7-4-3-5-8-13/h3-5,7-8,14H,6,9-12H2,1-2H3/t14-/m0/s1. The highest BCUT2D eigenvalue weighted by Crippen LogP contribution is 2.19. The van der Waals surface area contributed by atoms with Crippen LogP contribution in [0.4, 0.5) is 0 Å². The van der Waals surface area contributed by atoms with Crippen molar-refractivity contribution in [1.29, 1.82) is 0 Å². The normalized spacial score (nSPS) is 20.7. The van der Waals surface area contributed by atoms with Crippen LogP contribution >= 0.6 is 0 Å². The Kier molecular flexibility index (Phi) is 4.37. The SMILES string of the molecule is CN(C)C(=O)[C@H]1CCCN(Cc2ccccc2)C1. The van der Waals surface area contributed by atoms with Gasteiger partial charge in [0.1, 0.15) is 0 Å². The van der Waals surface area contributed by atoms with Crippen molar-refractivity contribution in [2.45, 2.75) is 19.4 Å². The Balaban J connectivity index is 1.93. The Hall–Kier alpha value is -1.35. The van der Waals surface area contributed by atoms with Gasteiger partial charge in [-0.3, -0.25) is 9.69 Å². The molecule has 1 aliphatic rings. The van der Waals surface area contributed by atoms with Crippen LogP contribution in [0.5, 0.6) is 0 Å². The van der Waals surface area contributed by atoms with Crippen LogP contribution in [0.1, 0.15) is 18.4 Å². The maximum atomic E-state index is 12.0. The van der Waals surface area contributed by atoms with E-state index in [9.17, 15) is 4.79 Å². The number of rotatable bonds is 3. The van der Waals surface area contributed by atoms with E-state index in [1.165, 1.54) is 5.56 Å². The van der Waals surface area contributed by atoms with Gasteiger partial charge in [0.2, 0.25) is 5.91 Å². The van der Waals surface area contributed by atoms with Crippen LogP contribution < -0.4 is 0 Å². The molecule has 0 aliphatic carbocycles. The summed E-state index contributed by atoms with van der Waals surface area (Å²) in [6, 6.07) is 10.5. The zero-order valence-electron chi connectivity index (χ0n) is 11.3. The number of piperidine rings is 1. The molecule has 1 fully saturated rings. The molecule has 0 radical (unpaired) electrons. The average molecular weight is 246 g/mol. The van der Waals surface area contributed by atoms with Gasteiger partial charge >= 0.3 is 0 Å². The third-order valence-corrected chi connectivity index (χ3v) is 3.54. The summed E-state index contributed by atoms with van der Waals surface area (Å²) in [5.41, 5.74) is 1.33. The minimum Gasteiger partial charge on any atom is -0.349 e. The summed E-state index contributed by atoms with van der Waals surface area (Å²) in [7, 11) is 3.69. The number of hydrogen-bond donors (Lipinski definition) is 0. The minimum absolute atomic E-state index is 0.178. The summed E-state index contributed by atoms with van der Waals surface area (Å²) >= 11 is 0. The molecule has 1 aromatic rings. The van der Waals surface area contributed by atoms with Gasteiger partial charge in [0, 0.05) is 27.2 Å². The van der Waals surface area contributed by atoms with Crippen LogP contribution in [0.15, 0.2) is 30.3 Å². The molecule has 0 N–H and O–H groups in total. The first-order valence-corrected chi connectivity index (χ1v) is 6.64. The van der Waals surface area contributed by atoms with Crippen LogP contribution in [0.2, 0.25) is 0 Å². The van der Waals surface area contributed by atoms with E-state index in [-0.39, 0.29) is 11.8 Å². The minimum atomic E-state index is 0.178. The molecule has 0 bridgehead atoms. The van der Waals surface area contributed by atoms with Crippen molar-refractivity contribution in [2.75, 3.05) is 27.2 Å². The number of amides is 1. The maximum Gasteiger partial charge on any atom is 0.226 e. The topological polar surface area (TPSA) is 23.6 Å². The molecular formula is C15H22N2O. The van der Waals surface area contributed by atoms with Crippen molar-refractivity contribution in [3.8, 4) is 0 Å². The highest BCUT2D eigenvalue weighted by molar-refractivity contribution is 5.78. The monoisotopic (exact) mass is 246 g/mol. The van der Waals surface area contributed by atoms with Crippen molar-refractivity contribution in [1.82, 2.24) is 9.80 Å². The van der Waals surface area contributed by atoms with E-state index in [4.69, 9.17) is 0 Å². The van der Waals surface area contributed by atoms with Gasteiger partial charge in [0.25, 0.3) is 0 Å². The lowest BCUT2D eigenvalue weighted by Crippen LogP contribution is -2.42. The fourth-order valence-electron chi connectivity index (χ4n) is 2.61. The van der Waals surface area contributed by atoms with Crippen molar-refractivity contribution in [2.24, 2.45) is 5.92 Å². The predicted molar refractivity (Wildman–Crippen MR) is 73.1 cm³/mol. The molecule has 3 nitrogen and oxygen atoms in total. The molecular weight excluding hydrogens is 224 g/mol. The molecule has 1 atom stereocenters. The largest absolute Gasteiger partial charge is 0.349 e. The second-order valence-corrected chi connectivity index (χ2v) is 5.29.